The van der Waals surface area contributed by atoms with E-state index in [0.717, 1.165) is 36.0 Å². The summed E-state index contributed by atoms with van der Waals surface area (Å²) in [6.45, 7) is 3.39. The van der Waals surface area contributed by atoms with E-state index in [2.05, 4.69) is 11.1 Å². The van der Waals surface area contributed by atoms with Crippen molar-refractivity contribution in [1.29, 1.82) is 0 Å². The number of hydrogen-bond donors (Lipinski definition) is 0. The fourth-order valence-electron chi connectivity index (χ4n) is 2.84. The van der Waals surface area contributed by atoms with Gasteiger partial charge in [0.25, 0.3) is 5.91 Å². The van der Waals surface area contributed by atoms with Gasteiger partial charge in [-0.2, -0.15) is 11.8 Å². The second-order valence-electron chi connectivity index (χ2n) is 5.60. The molecule has 2 heterocycles. The molecule has 1 aliphatic rings. The van der Waals surface area contributed by atoms with E-state index >= 15 is 0 Å². The van der Waals surface area contributed by atoms with Crippen LogP contribution >= 0.6 is 23.4 Å². The van der Waals surface area contributed by atoms with Crippen LogP contribution in [0.25, 0.3) is 0 Å². The van der Waals surface area contributed by atoms with Gasteiger partial charge in [0.2, 0.25) is 0 Å². The molecule has 3 nitrogen and oxygen atoms in total. The maximum absolute atomic E-state index is 12.7. The Balaban J connectivity index is 1.73. The molecule has 2 aromatic rings. The number of nitrogens with zero attached hydrogens (tertiary/aromatic N) is 2. The molecule has 1 aliphatic heterocycles. The number of aromatic nitrogens is 1. The van der Waals surface area contributed by atoms with E-state index in [1.54, 1.807) is 6.20 Å². The van der Waals surface area contributed by atoms with Crippen LogP contribution in [0.2, 0.25) is 5.02 Å². The lowest BCUT2D eigenvalue weighted by atomic mass is 10.1. The summed E-state index contributed by atoms with van der Waals surface area (Å²) in [5.41, 5.74) is 2.66. The average Bonchev–Trinajstić information content (AvgIpc) is 2.81. The second kappa shape index (κ2) is 7.37. The van der Waals surface area contributed by atoms with Crippen LogP contribution in [-0.4, -0.2) is 34.6 Å². The molecule has 0 radical (unpaired) electrons. The predicted molar refractivity (Wildman–Crippen MR) is 96.1 cm³/mol. The second-order valence-corrected chi connectivity index (χ2v) is 7.32. The van der Waals surface area contributed by atoms with Crippen LogP contribution in [0.1, 0.15) is 33.3 Å². The van der Waals surface area contributed by atoms with Crippen molar-refractivity contribution in [1.82, 2.24) is 9.88 Å². The first-order chi connectivity index (χ1) is 11.2. The molecule has 5 heteroatoms. The van der Waals surface area contributed by atoms with Crippen molar-refractivity contribution in [3.63, 3.8) is 0 Å². The number of carbonyl (C=O) groups is 1. The Hall–Kier alpha value is -1.52. The Kier molecular flexibility index (Phi) is 5.23. The molecule has 1 fully saturated rings. The van der Waals surface area contributed by atoms with Crippen LogP contribution in [0.3, 0.4) is 0 Å². The third kappa shape index (κ3) is 3.70. The van der Waals surface area contributed by atoms with E-state index in [-0.39, 0.29) is 5.91 Å². The molecule has 1 saturated heterocycles. The number of halogens is 1. The summed E-state index contributed by atoms with van der Waals surface area (Å²) < 4.78 is 0. The van der Waals surface area contributed by atoms with Gasteiger partial charge in [-0.25, -0.2) is 0 Å². The summed E-state index contributed by atoms with van der Waals surface area (Å²) in [7, 11) is 0. The summed E-state index contributed by atoms with van der Waals surface area (Å²) in [5.74, 6) is 0.997. The number of amides is 1. The summed E-state index contributed by atoms with van der Waals surface area (Å²) in [6.07, 6.45) is 2.64. The maximum Gasteiger partial charge on any atom is 0.255 e. The number of rotatable bonds is 2. The van der Waals surface area contributed by atoms with E-state index in [1.807, 2.05) is 53.9 Å². The van der Waals surface area contributed by atoms with Gasteiger partial charge in [0.15, 0.2) is 0 Å². The van der Waals surface area contributed by atoms with E-state index in [1.165, 1.54) is 5.56 Å². The minimum absolute atomic E-state index is 0.0796. The Bertz CT molecular complexity index is 707. The fourth-order valence-corrected chi connectivity index (χ4v) is 4.44. The number of benzene rings is 1. The first-order valence-corrected chi connectivity index (χ1v) is 9.16. The highest BCUT2D eigenvalue weighted by Crippen LogP contribution is 2.37. The molecule has 0 unspecified atom stereocenters. The van der Waals surface area contributed by atoms with Crippen molar-refractivity contribution >= 4 is 29.3 Å². The Morgan fingerprint density at radius 2 is 2.09 bits per heavy atom. The van der Waals surface area contributed by atoms with Gasteiger partial charge < -0.3 is 4.90 Å². The molecule has 0 aliphatic carbocycles. The zero-order valence-corrected chi connectivity index (χ0v) is 14.6. The van der Waals surface area contributed by atoms with E-state index in [9.17, 15) is 4.79 Å². The van der Waals surface area contributed by atoms with Gasteiger partial charge in [-0.1, -0.05) is 29.8 Å². The molecule has 1 aromatic carbocycles. The van der Waals surface area contributed by atoms with Crippen molar-refractivity contribution in [3.05, 3.63) is 64.4 Å². The van der Waals surface area contributed by atoms with Gasteiger partial charge in [-0.05, 0) is 37.1 Å². The van der Waals surface area contributed by atoms with Crippen LogP contribution in [0, 0.1) is 6.92 Å². The standard InChI is InChI=1S/C18H19ClN2OS/c1-13-14(6-4-9-20-13)18(22)21-10-8-17(23-12-11-21)15-5-2-3-7-16(15)19/h2-7,9,17H,8,10-12H2,1H3/t17-/m0/s1. The molecule has 120 valence electrons. The Labute approximate surface area is 146 Å². The molecule has 0 spiro atoms. The largest absolute Gasteiger partial charge is 0.338 e. The lowest BCUT2D eigenvalue weighted by Gasteiger charge is -2.21. The highest BCUT2D eigenvalue weighted by Gasteiger charge is 2.24. The van der Waals surface area contributed by atoms with Crippen molar-refractivity contribution in [2.24, 2.45) is 0 Å². The molecule has 1 aromatic heterocycles. The first-order valence-electron chi connectivity index (χ1n) is 7.73. The third-order valence-corrected chi connectivity index (χ3v) is 5.77. The monoisotopic (exact) mass is 346 g/mol. The van der Waals surface area contributed by atoms with Crippen LogP contribution in [0.4, 0.5) is 0 Å². The van der Waals surface area contributed by atoms with Gasteiger partial charge in [0, 0.05) is 41.0 Å². The number of hydrogen-bond acceptors (Lipinski definition) is 3. The summed E-state index contributed by atoms with van der Waals surface area (Å²) in [4.78, 5) is 18.9. The van der Waals surface area contributed by atoms with Crippen molar-refractivity contribution in [3.8, 4) is 0 Å². The van der Waals surface area contributed by atoms with Gasteiger partial charge in [-0.3, -0.25) is 9.78 Å². The molecular formula is C18H19ClN2OS. The topological polar surface area (TPSA) is 33.2 Å². The van der Waals surface area contributed by atoms with E-state index < -0.39 is 0 Å². The Morgan fingerprint density at radius 1 is 1.26 bits per heavy atom. The minimum Gasteiger partial charge on any atom is -0.338 e. The average molecular weight is 347 g/mol. The van der Waals surface area contributed by atoms with Gasteiger partial charge in [0.05, 0.1) is 5.56 Å². The summed E-state index contributed by atoms with van der Waals surface area (Å²) in [5, 5.41) is 1.16. The number of thioether (sulfide) groups is 1. The molecule has 3 rings (SSSR count). The van der Waals surface area contributed by atoms with Crippen LogP contribution in [-0.2, 0) is 0 Å². The first kappa shape index (κ1) is 16.3. The lowest BCUT2D eigenvalue weighted by Crippen LogP contribution is -2.33. The molecule has 23 heavy (non-hydrogen) atoms. The number of aryl methyl sites for hydroxylation is 1. The van der Waals surface area contributed by atoms with Gasteiger partial charge in [0.1, 0.15) is 0 Å². The highest BCUT2D eigenvalue weighted by atomic mass is 35.5. The molecule has 0 bridgehead atoms. The normalized spacial score (nSPS) is 18.5. The van der Waals surface area contributed by atoms with Crippen LogP contribution in [0.5, 0.6) is 0 Å². The van der Waals surface area contributed by atoms with E-state index in [0.29, 0.717) is 10.8 Å². The Morgan fingerprint density at radius 3 is 2.87 bits per heavy atom. The van der Waals surface area contributed by atoms with Crippen molar-refractivity contribution in [2.45, 2.75) is 18.6 Å². The predicted octanol–water partition coefficient (Wildman–Crippen LogP) is 4.36. The SMILES string of the molecule is Cc1ncccc1C(=O)N1CCS[C@H](c2ccccc2Cl)CC1. The summed E-state index contributed by atoms with van der Waals surface area (Å²) in [6, 6.07) is 11.7. The highest BCUT2D eigenvalue weighted by molar-refractivity contribution is 7.99. The van der Waals surface area contributed by atoms with Crippen LogP contribution in [0.15, 0.2) is 42.6 Å². The molecular weight excluding hydrogens is 328 g/mol. The van der Waals surface area contributed by atoms with Gasteiger partial charge in [-0.15, -0.1) is 0 Å². The molecule has 1 amide bonds. The molecule has 0 saturated carbocycles. The smallest absolute Gasteiger partial charge is 0.255 e. The zero-order chi connectivity index (χ0) is 16.2. The van der Waals surface area contributed by atoms with Crippen molar-refractivity contribution in [2.75, 3.05) is 18.8 Å². The van der Waals surface area contributed by atoms with E-state index in [4.69, 9.17) is 11.6 Å². The maximum atomic E-state index is 12.7. The quantitative estimate of drug-likeness (QED) is 0.809. The fraction of sp³-hybridized carbons (Fsp3) is 0.333. The van der Waals surface area contributed by atoms with Crippen LogP contribution < -0.4 is 0 Å². The number of carbonyl (C=O) groups excluding carboxylic acids is 1. The minimum atomic E-state index is 0.0796. The lowest BCUT2D eigenvalue weighted by molar-refractivity contribution is 0.0765. The summed E-state index contributed by atoms with van der Waals surface area (Å²) >= 11 is 8.20. The number of pyridine rings is 1. The third-order valence-electron chi connectivity index (χ3n) is 4.12. The molecule has 0 N–H and O–H groups in total. The van der Waals surface area contributed by atoms with Crippen molar-refractivity contribution < 1.29 is 4.79 Å². The molecule has 1 atom stereocenters. The van der Waals surface area contributed by atoms with Gasteiger partial charge >= 0.3 is 0 Å². The zero-order valence-electron chi connectivity index (χ0n) is 13.0.